The van der Waals surface area contributed by atoms with Crippen molar-refractivity contribution in [3.63, 3.8) is 0 Å². The fourth-order valence-corrected chi connectivity index (χ4v) is 20.5. The summed E-state index contributed by atoms with van der Waals surface area (Å²) in [5.74, 6) is 0.730. The number of hydrogen-bond acceptors (Lipinski definition) is 16. The summed E-state index contributed by atoms with van der Waals surface area (Å²) >= 11 is 3.14. The molecule has 7 fully saturated rings. The van der Waals surface area contributed by atoms with E-state index in [1.165, 1.54) is 24.0 Å². The topological polar surface area (TPSA) is 218 Å². The highest BCUT2D eigenvalue weighted by Crippen LogP contribution is 2.47. The monoisotopic (exact) mass is 1530 g/mol. The molecule has 582 valence electrons. The molecule has 110 heavy (non-hydrogen) atoms. The van der Waals surface area contributed by atoms with Gasteiger partial charge in [-0.2, -0.15) is 0 Å². The van der Waals surface area contributed by atoms with Crippen LogP contribution in [0, 0.1) is 16.7 Å². The van der Waals surface area contributed by atoms with Crippen LogP contribution in [0.1, 0.15) is 143 Å². The molecule has 4 aliphatic heterocycles. The van der Waals surface area contributed by atoms with E-state index < -0.39 is 36.7 Å². The van der Waals surface area contributed by atoms with Crippen molar-refractivity contribution in [3.05, 3.63) is 189 Å². The van der Waals surface area contributed by atoms with Crippen LogP contribution in [0.25, 0.3) is 32.7 Å². The van der Waals surface area contributed by atoms with Crippen LogP contribution in [0.5, 0.6) is 11.5 Å². The number of piperazine rings is 2. The van der Waals surface area contributed by atoms with Crippen LogP contribution >= 0.6 is 22.7 Å². The zero-order valence-corrected chi connectivity index (χ0v) is 65.3. The van der Waals surface area contributed by atoms with E-state index in [2.05, 4.69) is 97.8 Å². The minimum atomic E-state index is -1.40. The van der Waals surface area contributed by atoms with Gasteiger partial charge in [0, 0.05) is 91.5 Å². The molecule has 5 amide bonds. The van der Waals surface area contributed by atoms with Gasteiger partial charge < -0.3 is 56.3 Å². The minimum absolute atomic E-state index is 0.0302. The Morgan fingerprint density at radius 2 is 1.11 bits per heavy atom. The maximum absolute atomic E-state index is 15.4. The summed E-state index contributed by atoms with van der Waals surface area (Å²) in [4.78, 5) is 87.8. The Morgan fingerprint density at radius 1 is 0.536 bits per heavy atom. The molecular weight excluding hydrogens is 1420 g/mol. The zero-order valence-electron chi connectivity index (χ0n) is 63.7. The number of fused-ring (bicyclic) bond motifs is 2. The van der Waals surface area contributed by atoms with Gasteiger partial charge in [0.05, 0.1) is 31.7 Å². The average molecular weight is 1530 g/mol. The van der Waals surface area contributed by atoms with Gasteiger partial charge in [0.15, 0.2) is 0 Å². The van der Waals surface area contributed by atoms with E-state index in [1.54, 1.807) is 48.3 Å². The Labute approximate surface area is 656 Å². The highest BCUT2D eigenvalue weighted by molar-refractivity contribution is 7.10. The van der Waals surface area contributed by atoms with Crippen molar-refractivity contribution in [1.82, 2.24) is 50.7 Å². The van der Waals surface area contributed by atoms with Crippen LogP contribution in [0.4, 0.5) is 4.79 Å². The summed E-state index contributed by atoms with van der Waals surface area (Å²) in [6, 6.07) is 50.9. The number of nitrogens with one attached hydrogen (secondary N) is 4. The number of rotatable bonds is 27. The fourth-order valence-electron chi connectivity index (χ4n) is 19.2. The standard InChI is InChI=1S/C89H111N11O8S2/c90-44-10-9-31-76(93-68-34-38-88(39-35-68)42-45-95(61-88)57-64-19-5-2-6-20-64)84(103)99-49-47-98(59-78(99)82(101)91-55-70-25-15-51-109-70)87(106)108-81-33-14-29-74-72(28-13-30-75(74)81)67-24-11-21-65(53-67)58-96-46-43-89(62-96)40-36-69(37-41-89)94-77(54-63-17-3-1-4-18-63)85(104)100-50-48-97(60-79(100)83(102)92-56-71-26-16-52-110-71)86(105)107-80-32-12-23-66-22-7-8-27-73(66)80/h2,5-8,11-16,19-30,32-33,51-53,63,68-69,76-79,87,93-94,106H,1,3-4,9-10,17-18,31,34-50,54-62,90H2,(H,91,101)(H,92,102)/t68?,69?,76-,77-,78+,79+,87?,88?,89?/m1/s1. The Kier molecular flexibility index (Phi) is 25.4. The molecule has 7 N–H and O–H groups in total. The third-order valence-electron chi connectivity index (χ3n) is 25.4. The van der Waals surface area contributed by atoms with Crippen LogP contribution < -0.4 is 36.5 Å². The fraction of sp³-hybridized carbons (Fsp3) is 0.494. The van der Waals surface area contributed by atoms with Gasteiger partial charge in [0.25, 0.3) is 6.41 Å². The Balaban J connectivity index is 0.572. The van der Waals surface area contributed by atoms with Crippen molar-refractivity contribution < 1.29 is 38.6 Å². The molecule has 8 aromatic rings. The number of aliphatic hydroxyl groups is 1. The van der Waals surface area contributed by atoms with Crippen LogP contribution in [0.3, 0.4) is 0 Å². The van der Waals surface area contributed by atoms with Gasteiger partial charge in [0.1, 0.15) is 23.6 Å². The third-order valence-corrected chi connectivity index (χ3v) is 27.1. The Bertz CT molecular complexity index is 4390. The van der Waals surface area contributed by atoms with Gasteiger partial charge >= 0.3 is 6.09 Å². The van der Waals surface area contributed by atoms with Crippen molar-refractivity contribution in [2.75, 3.05) is 72.0 Å². The Hall–Kier alpha value is -8.09. The summed E-state index contributed by atoms with van der Waals surface area (Å²) in [6.07, 6.45) is 17.4. The molecule has 2 aromatic heterocycles. The maximum Gasteiger partial charge on any atom is 0.415 e. The number of aliphatic hydroxyl groups excluding tert-OH is 1. The largest absolute Gasteiger partial charge is 0.451 e. The van der Waals surface area contributed by atoms with Crippen LogP contribution in [0.15, 0.2) is 168 Å². The number of carbonyl (C=O) groups excluding carboxylic acids is 5. The average Bonchev–Trinajstić information content (AvgIpc) is 0.792. The highest BCUT2D eigenvalue weighted by atomic mass is 32.1. The van der Waals surface area contributed by atoms with Gasteiger partial charge in [-0.05, 0) is 194 Å². The van der Waals surface area contributed by atoms with E-state index in [0.29, 0.717) is 55.4 Å². The number of unbranched alkanes of at least 4 members (excludes halogenated alkanes) is 1. The van der Waals surface area contributed by atoms with E-state index in [0.717, 1.165) is 184 Å². The van der Waals surface area contributed by atoms with E-state index in [9.17, 15) is 19.5 Å². The molecule has 1 unspecified atom stereocenters. The first-order valence-corrected chi connectivity index (χ1v) is 42.6. The van der Waals surface area contributed by atoms with Crippen molar-refractivity contribution in [3.8, 4) is 22.6 Å². The van der Waals surface area contributed by atoms with Gasteiger partial charge in [-0.3, -0.25) is 29.0 Å². The number of amides is 5. The number of thiophene rings is 2. The molecule has 0 radical (unpaired) electrons. The molecule has 15 rings (SSSR count). The van der Waals surface area contributed by atoms with Gasteiger partial charge in [-0.1, -0.05) is 166 Å². The molecule has 7 aliphatic rings. The first-order valence-electron chi connectivity index (χ1n) is 40.9. The summed E-state index contributed by atoms with van der Waals surface area (Å²) in [6.45, 7) is 8.41. The normalized spacial score (nSPS) is 23.9. The zero-order chi connectivity index (χ0) is 75.4. The second kappa shape index (κ2) is 36.2. The van der Waals surface area contributed by atoms with Crippen LogP contribution in [0.2, 0.25) is 0 Å². The molecule has 2 spiro atoms. The van der Waals surface area contributed by atoms with Crippen molar-refractivity contribution in [2.45, 2.75) is 191 Å². The summed E-state index contributed by atoms with van der Waals surface area (Å²) in [7, 11) is 0. The molecule has 0 bridgehead atoms. The Morgan fingerprint density at radius 3 is 1.79 bits per heavy atom. The second-order valence-corrected chi connectivity index (χ2v) is 34.8. The third kappa shape index (κ3) is 18.8. The molecule has 4 saturated heterocycles. The predicted molar refractivity (Wildman–Crippen MR) is 436 cm³/mol. The van der Waals surface area contributed by atoms with E-state index in [1.807, 2.05) is 95.7 Å². The predicted octanol–water partition coefficient (Wildman–Crippen LogP) is 13.3. The smallest absolute Gasteiger partial charge is 0.415 e. The molecule has 19 nitrogen and oxygen atoms in total. The van der Waals surface area contributed by atoms with Crippen LogP contribution in [-0.4, -0.2) is 179 Å². The van der Waals surface area contributed by atoms with Gasteiger partial charge in [-0.15, -0.1) is 22.7 Å². The highest BCUT2D eigenvalue weighted by Gasteiger charge is 2.47. The van der Waals surface area contributed by atoms with E-state index in [4.69, 9.17) is 15.2 Å². The van der Waals surface area contributed by atoms with Gasteiger partial charge in [0.2, 0.25) is 23.6 Å². The lowest BCUT2D eigenvalue weighted by Gasteiger charge is -2.44. The molecule has 6 heterocycles. The number of carbonyl (C=O) groups is 5. The molecule has 3 saturated carbocycles. The number of benzene rings is 6. The van der Waals surface area contributed by atoms with E-state index >= 15 is 9.59 Å². The lowest BCUT2D eigenvalue weighted by molar-refractivity contribution is -0.168. The summed E-state index contributed by atoms with van der Waals surface area (Å²) < 4.78 is 12.6. The molecule has 5 atom stereocenters. The number of ether oxygens (including phenoxy) is 2. The summed E-state index contributed by atoms with van der Waals surface area (Å²) in [5.41, 5.74) is 11.3. The molecule has 21 heteroatoms. The lowest BCUT2D eigenvalue weighted by atomic mass is 9.71. The molecule has 3 aliphatic carbocycles. The van der Waals surface area contributed by atoms with Crippen molar-refractivity contribution in [2.24, 2.45) is 22.5 Å². The quantitative estimate of drug-likeness (QED) is 0.0209. The first kappa shape index (κ1) is 77.2. The number of nitrogens with two attached hydrogens (primary N) is 1. The number of hydrogen-bond donors (Lipinski definition) is 6. The minimum Gasteiger partial charge on any atom is -0.451 e. The maximum atomic E-state index is 15.4. The van der Waals surface area contributed by atoms with Crippen molar-refractivity contribution in [1.29, 1.82) is 0 Å². The lowest BCUT2D eigenvalue weighted by Crippen LogP contribution is -2.65. The molecular formula is C89H111N11O8S2. The number of nitrogens with zero attached hydrogens (tertiary/aromatic N) is 6. The van der Waals surface area contributed by atoms with Crippen molar-refractivity contribution >= 4 is 73.9 Å². The van der Waals surface area contributed by atoms with Gasteiger partial charge in [-0.25, -0.2) is 9.69 Å². The molecule has 6 aromatic carbocycles. The summed E-state index contributed by atoms with van der Waals surface area (Å²) in [5, 5.41) is 33.9. The first-order chi connectivity index (χ1) is 53.8. The second-order valence-electron chi connectivity index (χ2n) is 32.7. The number of likely N-dealkylation sites (tertiary alicyclic amines) is 2. The van der Waals surface area contributed by atoms with Crippen LogP contribution in [-0.2, 0) is 45.4 Å². The van der Waals surface area contributed by atoms with E-state index in [-0.39, 0.29) is 73.9 Å². The SMILES string of the molecule is NCCCC[C@@H](NC1CCC2(CC1)CCN(Cc1ccccc1)C2)C(=O)N1CCN(C(O)Oc2cccc3c(-c4cccc(CN5CCC6(CCC(N[C@H](CC7CCCCC7)C(=O)N7CCN(C(=O)Oc8cccc9ccccc89)C[C@H]7C(=O)NCc7cccs7)CC6)C5)c4)cccc23)C[C@H]1C(=O)NCc1cccs1.